The molecule has 0 atom stereocenters. The first-order valence-corrected chi connectivity index (χ1v) is 6.53. The number of carbonyl (C=O) groups is 2. The molecule has 17 heavy (non-hydrogen) atoms. The SMILES string of the molecule is CC(=O)Nc1nc(CC(=O)N2CCCC2)cs1. The Morgan fingerprint density at radius 2 is 2.18 bits per heavy atom. The molecule has 1 aromatic rings. The predicted molar refractivity (Wildman–Crippen MR) is 65.9 cm³/mol. The van der Waals surface area contributed by atoms with Gasteiger partial charge in [-0.1, -0.05) is 0 Å². The van der Waals surface area contributed by atoms with Crippen molar-refractivity contribution in [1.82, 2.24) is 9.88 Å². The summed E-state index contributed by atoms with van der Waals surface area (Å²) in [5.41, 5.74) is 0.732. The number of rotatable bonds is 3. The van der Waals surface area contributed by atoms with Gasteiger partial charge in [-0.15, -0.1) is 11.3 Å². The normalized spacial score (nSPS) is 15.0. The van der Waals surface area contributed by atoms with Crippen molar-refractivity contribution in [2.45, 2.75) is 26.2 Å². The van der Waals surface area contributed by atoms with E-state index in [0.717, 1.165) is 31.6 Å². The zero-order valence-electron chi connectivity index (χ0n) is 9.73. The lowest BCUT2D eigenvalue weighted by atomic mass is 10.3. The molecule has 1 aliphatic rings. The average molecular weight is 253 g/mol. The molecule has 5 nitrogen and oxygen atoms in total. The molecule has 0 aliphatic carbocycles. The highest BCUT2D eigenvalue weighted by Gasteiger charge is 2.19. The quantitative estimate of drug-likeness (QED) is 0.882. The molecule has 0 bridgehead atoms. The zero-order chi connectivity index (χ0) is 12.3. The summed E-state index contributed by atoms with van der Waals surface area (Å²) in [6.07, 6.45) is 2.52. The fraction of sp³-hybridized carbons (Fsp3) is 0.545. The van der Waals surface area contributed by atoms with Gasteiger partial charge in [-0.2, -0.15) is 0 Å². The van der Waals surface area contributed by atoms with Crippen LogP contribution < -0.4 is 5.32 Å². The van der Waals surface area contributed by atoms with Crippen LogP contribution in [-0.2, 0) is 16.0 Å². The number of nitrogens with zero attached hydrogens (tertiary/aromatic N) is 2. The molecule has 1 fully saturated rings. The van der Waals surface area contributed by atoms with Crippen molar-refractivity contribution in [1.29, 1.82) is 0 Å². The second-order valence-electron chi connectivity index (χ2n) is 4.09. The first-order chi connectivity index (χ1) is 8.15. The van der Waals surface area contributed by atoms with Gasteiger partial charge in [0.15, 0.2) is 5.13 Å². The standard InChI is InChI=1S/C11H15N3O2S/c1-8(15)12-11-13-9(7-17-11)6-10(16)14-4-2-3-5-14/h7H,2-6H2,1H3,(H,12,13,15). The minimum Gasteiger partial charge on any atom is -0.342 e. The molecule has 2 rings (SSSR count). The number of anilines is 1. The number of amides is 2. The van der Waals surface area contributed by atoms with E-state index in [9.17, 15) is 9.59 Å². The van der Waals surface area contributed by atoms with Gasteiger partial charge in [-0.3, -0.25) is 9.59 Å². The van der Waals surface area contributed by atoms with E-state index in [4.69, 9.17) is 0 Å². The van der Waals surface area contributed by atoms with E-state index in [0.29, 0.717) is 11.6 Å². The van der Waals surface area contributed by atoms with Gasteiger partial charge in [0.2, 0.25) is 11.8 Å². The second-order valence-corrected chi connectivity index (χ2v) is 4.95. The molecule has 0 saturated carbocycles. The maximum Gasteiger partial charge on any atom is 0.228 e. The second kappa shape index (κ2) is 5.27. The monoisotopic (exact) mass is 253 g/mol. The van der Waals surface area contributed by atoms with Crippen LogP contribution in [0.15, 0.2) is 5.38 Å². The van der Waals surface area contributed by atoms with Crippen LogP contribution in [0.3, 0.4) is 0 Å². The molecular formula is C11H15N3O2S. The minimum absolute atomic E-state index is 0.127. The minimum atomic E-state index is -0.142. The smallest absolute Gasteiger partial charge is 0.228 e. The Hall–Kier alpha value is -1.43. The third-order valence-corrected chi connectivity index (χ3v) is 3.43. The van der Waals surface area contributed by atoms with E-state index in [-0.39, 0.29) is 11.8 Å². The highest BCUT2D eigenvalue weighted by Crippen LogP contribution is 2.17. The van der Waals surface area contributed by atoms with Crippen LogP contribution in [0.25, 0.3) is 0 Å². The summed E-state index contributed by atoms with van der Waals surface area (Å²) in [5, 5.41) is 4.99. The average Bonchev–Trinajstić information content (AvgIpc) is 2.87. The van der Waals surface area contributed by atoms with Gasteiger partial charge < -0.3 is 10.2 Å². The topological polar surface area (TPSA) is 62.3 Å². The largest absolute Gasteiger partial charge is 0.342 e. The number of carbonyl (C=O) groups excluding carboxylic acids is 2. The van der Waals surface area contributed by atoms with Gasteiger partial charge in [0.1, 0.15) is 0 Å². The van der Waals surface area contributed by atoms with Gasteiger partial charge in [0, 0.05) is 25.4 Å². The van der Waals surface area contributed by atoms with E-state index in [2.05, 4.69) is 10.3 Å². The van der Waals surface area contributed by atoms with Crippen molar-refractivity contribution in [3.8, 4) is 0 Å². The maximum atomic E-state index is 11.8. The highest BCUT2D eigenvalue weighted by atomic mass is 32.1. The molecular weight excluding hydrogens is 238 g/mol. The molecule has 0 radical (unpaired) electrons. The van der Waals surface area contributed by atoms with Crippen molar-refractivity contribution in [2.24, 2.45) is 0 Å². The van der Waals surface area contributed by atoms with Gasteiger partial charge >= 0.3 is 0 Å². The van der Waals surface area contributed by atoms with Crippen molar-refractivity contribution in [3.63, 3.8) is 0 Å². The fourth-order valence-corrected chi connectivity index (χ4v) is 2.59. The molecule has 6 heteroatoms. The van der Waals surface area contributed by atoms with Crippen LogP contribution in [0, 0.1) is 0 Å². The number of likely N-dealkylation sites (tertiary alicyclic amines) is 1. The Morgan fingerprint density at radius 3 is 2.82 bits per heavy atom. The molecule has 1 saturated heterocycles. The summed E-state index contributed by atoms with van der Waals surface area (Å²) in [6, 6.07) is 0. The van der Waals surface area contributed by atoms with E-state index in [1.165, 1.54) is 18.3 Å². The molecule has 0 unspecified atom stereocenters. The summed E-state index contributed by atoms with van der Waals surface area (Å²) < 4.78 is 0. The molecule has 92 valence electrons. The van der Waals surface area contributed by atoms with E-state index in [1.54, 1.807) is 0 Å². The molecule has 0 aromatic carbocycles. The van der Waals surface area contributed by atoms with Crippen LogP contribution in [0.1, 0.15) is 25.5 Å². The van der Waals surface area contributed by atoms with Crippen LogP contribution in [0.5, 0.6) is 0 Å². The highest BCUT2D eigenvalue weighted by molar-refractivity contribution is 7.13. The van der Waals surface area contributed by atoms with Crippen LogP contribution in [0.2, 0.25) is 0 Å². The number of hydrogen-bond donors (Lipinski definition) is 1. The summed E-state index contributed by atoms with van der Waals surface area (Å²) in [4.78, 5) is 28.8. The van der Waals surface area contributed by atoms with E-state index >= 15 is 0 Å². The lowest BCUT2D eigenvalue weighted by molar-refractivity contribution is -0.129. The van der Waals surface area contributed by atoms with Gasteiger partial charge in [0.05, 0.1) is 12.1 Å². The van der Waals surface area contributed by atoms with Gasteiger partial charge in [-0.05, 0) is 12.8 Å². The van der Waals surface area contributed by atoms with E-state index < -0.39 is 0 Å². The van der Waals surface area contributed by atoms with Crippen molar-refractivity contribution in [2.75, 3.05) is 18.4 Å². The number of hydrogen-bond acceptors (Lipinski definition) is 4. The van der Waals surface area contributed by atoms with Crippen LogP contribution in [-0.4, -0.2) is 34.8 Å². The Morgan fingerprint density at radius 1 is 1.47 bits per heavy atom. The molecule has 1 aromatic heterocycles. The van der Waals surface area contributed by atoms with Crippen molar-refractivity contribution in [3.05, 3.63) is 11.1 Å². The Bertz CT molecular complexity index is 424. The van der Waals surface area contributed by atoms with Crippen LogP contribution >= 0.6 is 11.3 Å². The number of nitrogens with one attached hydrogen (secondary N) is 1. The summed E-state index contributed by atoms with van der Waals surface area (Å²) in [6.45, 7) is 3.17. The Balaban J connectivity index is 1.91. The first kappa shape index (κ1) is 12.0. The lowest BCUT2D eigenvalue weighted by Crippen LogP contribution is -2.29. The Labute approximate surface area is 104 Å². The molecule has 0 spiro atoms. The first-order valence-electron chi connectivity index (χ1n) is 5.65. The van der Waals surface area contributed by atoms with E-state index in [1.807, 2.05) is 10.3 Å². The van der Waals surface area contributed by atoms with Crippen molar-refractivity contribution < 1.29 is 9.59 Å². The van der Waals surface area contributed by atoms with Crippen molar-refractivity contribution >= 4 is 28.3 Å². The molecule has 1 N–H and O–H groups in total. The Kier molecular flexibility index (Phi) is 3.73. The third kappa shape index (κ3) is 3.26. The molecule has 2 heterocycles. The summed E-state index contributed by atoms with van der Waals surface area (Å²) in [5.74, 6) is -0.0149. The summed E-state index contributed by atoms with van der Waals surface area (Å²) >= 11 is 1.35. The van der Waals surface area contributed by atoms with Gasteiger partial charge in [0.25, 0.3) is 0 Å². The van der Waals surface area contributed by atoms with Crippen LogP contribution in [0.4, 0.5) is 5.13 Å². The molecule has 1 aliphatic heterocycles. The number of aromatic nitrogens is 1. The maximum absolute atomic E-state index is 11.8. The number of thiazole rings is 1. The third-order valence-electron chi connectivity index (χ3n) is 2.63. The summed E-state index contributed by atoms with van der Waals surface area (Å²) in [7, 11) is 0. The predicted octanol–water partition coefficient (Wildman–Crippen LogP) is 1.27. The molecule has 2 amide bonds. The van der Waals surface area contributed by atoms with Gasteiger partial charge in [-0.25, -0.2) is 4.98 Å². The fourth-order valence-electron chi connectivity index (χ4n) is 1.83. The zero-order valence-corrected chi connectivity index (χ0v) is 10.5. The lowest BCUT2D eigenvalue weighted by Gasteiger charge is -2.13.